The third-order valence-corrected chi connectivity index (χ3v) is 8.36. The zero-order valence-corrected chi connectivity index (χ0v) is 20.0. The van der Waals surface area contributed by atoms with E-state index < -0.39 is 0 Å². The average Bonchev–Trinajstić information content (AvgIpc) is 2.74. The maximum absolute atomic E-state index is 13.0. The van der Waals surface area contributed by atoms with Gasteiger partial charge in [-0.1, -0.05) is 19.8 Å². The summed E-state index contributed by atoms with van der Waals surface area (Å²) in [6.07, 6.45) is 19.8. The molecule has 1 aromatic rings. The standard InChI is InChI=1S/C27H43N3O/c1-3-4-5-12-30(26(31)28-11-6-7-22-8-13-29(2)14-9-22)15-10-27-19-23-16-24(20-27)18-25(17-23)21-27/h8-9,13-14,23-25H,3-7,10-12,15-21H2,1-2H3/p+1. The van der Waals surface area contributed by atoms with E-state index in [9.17, 15) is 4.79 Å². The van der Waals surface area contributed by atoms with Gasteiger partial charge in [0.2, 0.25) is 0 Å². The maximum atomic E-state index is 13.0. The number of aromatic nitrogens is 1. The van der Waals surface area contributed by atoms with E-state index >= 15 is 0 Å². The first kappa shape index (κ1) is 22.6. The van der Waals surface area contributed by atoms with E-state index in [-0.39, 0.29) is 6.03 Å². The minimum absolute atomic E-state index is 0.167. The summed E-state index contributed by atoms with van der Waals surface area (Å²) >= 11 is 0. The summed E-state index contributed by atoms with van der Waals surface area (Å²) in [6.45, 7) is 4.88. The average molecular weight is 427 g/mol. The molecule has 4 heteroatoms. The van der Waals surface area contributed by atoms with Crippen LogP contribution in [0.1, 0.15) is 83.1 Å². The van der Waals surface area contributed by atoms with Crippen LogP contribution in [0.2, 0.25) is 0 Å². The minimum atomic E-state index is 0.167. The van der Waals surface area contributed by atoms with Crippen LogP contribution < -0.4 is 9.88 Å². The molecule has 0 aromatic carbocycles. The number of nitrogens with zero attached hydrogens (tertiary/aromatic N) is 2. The Hall–Kier alpha value is -1.58. The van der Waals surface area contributed by atoms with Crippen molar-refractivity contribution in [3.8, 4) is 0 Å². The van der Waals surface area contributed by atoms with Crippen LogP contribution in [0.4, 0.5) is 4.79 Å². The van der Waals surface area contributed by atoms with Crippen molar-refractivity contribution in [3.63, 3.8) is 0 Å². The van der Waals surface area contributed by atoms with Crippen LogP contribution in [-0.2, 0) is 13.5 Å². The number of rotatable bonds is 11. The van der Waals surface area contributed by atoms with Gasteiger partial charge in [-0.3, -0.25) is 0 Å². The molecule has 1 N–H and O–H groups in total. The first-order valence-electron chi connectivity index (χ1n) is 13.0. The monoisotopic (exact) mass is 426 g/mol. The van der Waals surface area contributed by atoms with Crippen molar-refractivity contribution in [1.29, 1.82) is 0 Å². The predicted molar refractivity (Wildman–Crippen MR) is 126 cm³/mol. The highest BCUT2D eigenvalue weighted by atomic mass is 16.2. The molecule has 0 aliphatic heterocycles. The number of aryl methyl sites for hydroxylation is 2. The van der Waals surface area contributed by atoms with Gasteiger partial charge in [-0.2, -0.15) is 0 Å². The highest BCUT2D eigenvalue weighted by Crippen LogP contribution is 2.61. The van der Waals surface area contributed by atoms with Gasteiger partial charge in [0.25, 0.3) is 0 Å². The molecule has 4 aliphatic rings. The fourth-order valence-electron chi connectivity index (χ4n) is 7.13. The number of carbonyl (C=O) groups is 1. The van der Waals surface area contributed by atoms with Crippen LogP contribution in [0.25, 0.3) is 0 Å². The number of hydrogen-bond acceptors (Lipinski definition) is 1. The van der Waals surface area contributed by atoms with Gasteiger partial charge in [-0.25, -0.2) is 9.36 Å². The Bertz CT molecular complexity index is 678. The smallest absolute Gasteiger partial charge is 0.317 e. The van der Waals surface area contributed by atoms with Gasteiger partial charge in [0.1, 0.15) is 7.05 Å². The molecule has 4 saturated carbocycles. The number of nitrogens with one attached hydrogen (secondary N) is 1. The summed E-state index contributed by atoms with van der Waals surface area (Å²) in [5, 5.41) is 3.23. The summed E-state index contributed by atoms with van der Waals surface area (Å²) in [5.74, 6) is 2.98. The number of pyridine rings is 1. The lowest BCUT2D eigenvalue weighted by Gasteiger charge is -2.57. The van der Waals surface area contributed by atoms with Crippen molar-refractivity contribution in [3.05, 3.63) is 30.1 Å². The van der Waals surface area contributed by atoms with E-state index in [4.69, 9.17) is 0 Å². The first-order valence-corrected chi connectivity index (χ1v) is 13.0. The Labute approximate surface area is 189 Å². The molecule has 4 aliphatic carbocycles. The highest BCUT2D eigenvalue weighted by molar-refractivity contribution is 5.74. The van der Waals surface area contributed by atoms with Gasteiger partial charge >= 0.3 is 6.03 Å². The largest absolute Gasteiger partial charge is 0.338 e. The van der Waals surface area contributed by atoms with Gasteiger partial charge in [-0.05, 0) is 92.9 Å². The molecule has 5 rings (SSSR count). The fraction of sp³-hybridized carbons (Fsp3) is 0.778. The summed E-state index contributed by atoms with van der Waals surface area (Å²) in [5.41, 5.74) is 1.90. The Kier molecular flexibility index (Phi) is 7.55. The van der Waals surface area contributed by atoms with Crippen LogP contribution in [0.15, 0.2) is 24.5 Å². The zero-order chi connectivity index (χ0) is 21.7. The van der Waals surface area contributed by atoms with Crippen LogP contribution in [0.3, 0.4) is 0 Å². The van der Waals surface area contributed by atoms with Crippen LogP contribution in [0.5, 0.6) is 0 Å². The van der Waals surface area contributed by atoms with Gasteiger partial charge in [0.15, 0.2) is 12.4 Å². The van der Waals surface area contributed by atoms with Crippen LogP contribution in [0, 0.1) is 23.2 Å². The maximum Gasteiger partial charge on any atom is 0.317 e. The molecular formula is C27H44N3O+. The molecule has 31 heavy (non-hydrogen) atoms. The Balaban J connectivity index is 1.25. The molecule has 1 aromatic heterocycles. The summed E-state index contributed by atoms with van der Waals surface area (Å²) in [4.78, 5) is 15.2. The quantitative estimate of drug-likeness (QED) is 0.381. The molecule has 0 unspecified atom stereocenters. The molecule has 0 spiro atoms. The van der Waals surface area contributed by atoms with Gasteiger partial charge in [0.05, 0.1) is 0 Å². The van der Waals surface area contributed by atoms with Crippen LogP contribution in [-0.4, -0.2) is 30.6 Å². The number of carbonyl (C=O) groups excluding carboxylic acids is 1. The van der Waals surface area contributed by atoms with E-state index in [2.05, 4.69) is 46.2 Å². The molecule has 4 bridgehead atoms. The summed E-state index contributed by atoms with van der Waals surface area (Å²) in [6, 6.07) is 4.51. The van der Waals surface area contributed by atoms with E-state index in [1.165, 1.54) is 63.4 Å². The number of urea groups is 1. The summed E-state index contributed by atoms with van der Waals surface area (Å²) in [7, 11) is 2.04. The molecule has 0 saturated heterocycles. The molecule has 2 amide bonds. The fourth-order valence-corrected chi connectivity index (χ4v) is 7.13. The van der Waals surface area contributed by atoms with Crippen molar-refractivity contribution in [2.24, 2.45) is 30.2 Å². The molecule has 1 heterocycles. The van der Waals surface area contributed by atoms with Gasteiger partial charge in [-0.15, -0.1) is 0 Å². The highest BCUT2D eigenvalue weighted by Gasteiger charge is 2.50. The molecular weight excluding hydrogens is 382 g/mol. The van der Waals surface area contributed by atoms with Crippen molar-refractivity contribution in [1.82, 2.24) is 10.2 Å². The molecule has 4 fully saturated rings. The number of unbranched alkanes of at least 4 members (excludes halogenated alkanes) is 2. The lowest BCUT2D eigenvalue weighted by molar-refractivity contribution is -0.671. The zero-order valence-electron chi connectivity index (χ0n) is 20.0. The third kappa shape index (κ3) is 6.02. The molecule has 0 atom stereocenters. The predicted octanol–water partition coefficient (Wildman–Crippen LogP) is 5.25. The number of hydrogen-bond donors (Lipinski definition) is 1. The van der Waals surface area contributed by atoms with Crippen LogP contribution >= 0.6 is 0 Å². The van der Waals surface area contributed by atoms with E-state index in [1.54, 1.807) is 0 Å². The van der Waals surface area contributed by atoms with E-state index in [1.807, 2.05) is 7.05 Å². The molecule has 172 valence electrons. The first-order chi connectivity index (χ1) is 15.0. The Morgan fingerprint density at radius 2 is 1.68 bits per heavy atom. The van der Waals surface area contributed by atoms with E-state index in [0.29, 0.717) is 5.41 Å². The third-order valence-electron chi connectivity index (χ3n) is 8.36. The normalized spacial score (nSPS) is 28.6. The Morgan fingerprint density at radius 3 is 2.29 bits per heavy atom. The van der Waals surface area contributed by atoms with Gasteiger partial charge in [0, 0.05) is 31.8 Å². The second-order valence-corrected chi connectivity index (χ2v) is 11.1. The van der Waals surface area contributed by atoms with E-state index in [0.717, 1.165) is 56.7 Å². The summed E-state index contributed by atoms with van der Waals surface area (Å²) < 4.78 is 2.06. The number of amides is 2. The SMILES string of the molecule is CCCCCN(CCC12CC3CC(CC(C3)C1)C2)C(=O)NCCCc1cc[n+](C)cc1. The Morgan fingerprint density at radius 1 is 1.03 bits per heavy atom. The van der Waals surface area contributed by atoms with Crippen molar-refractivity contribution in [2.45, 2.75) is 84.0 Å². The second-order valence-electron chi connectivity index (χ2n) is 11.1. The van der Waals surface area contributed by atoms with Crippen molar-refractivity contribution < 1.29 is 9.36 Å². The van der Waals surface area contributed by atoms with Gasteiger partial charge < -0.3 is 10.2 Å². The minimum Gasteiger partial charge on any atom is -0.338 e. The topological polar surface area (TPSA) is 36.2 Å². The lowest BCUT2D eigenvalue weighted by atomic mass is 9.49. The molecule has 0 radical (unpaired) electrons. The molecule has 4 nitrogen and oxygen atoms in total. The van der Waals surface area contributed by atoms with Crippen molar-refractivity contribution in [2.75, 3.05) is 19.6 Å². The lowest BCUT2D eigenvalue weighted by Crippen LogP contribution is -2.48. The second kappa shape index (κ2) is 10.4. The van der Waals surface area contributed by atoms with Crippen molar-refractivity contribution >= 4 is 6.03 Å².